The molecule has 0 aliphatic carbocycles. The van der Waals surface area contributed by atoms with Crippen LogP contribution in [0, 0.1) is 3.57 Å². The number of hydrogen-bond acceptors (Lipinski definition) is 5. The molecular weight excluding hydrogens is 457 g/mol. The fraction of sp³-hybridized carbons (Fsp3) is 0.235. The third kappa shape index (κ3) is 5.16. The Kier molecular flexibility index (Phi) is 6.42. The highest BCUT2D eigenvalue weighted by Crippen LogP contribution is 2.26. The van der Waals surface area contributed by atoms with Crippen molar-refractivity contribution in [3.8, 4) is 11.5 Å². The third-order valence-electron chi connectivity index (χ3n) is 3.10. The number of sulfonamides is 1. The Balaban J connectivity index is 2.34. The van der Waals surface area contributed by atoms with Gasteiger partial charge in [-0.3, -0.25) is 0 Å². The van der Waals surface area contributed by atoms with Crippen molar-refractivity contribution >= 4 is 38.6 Å². The van der Waals surface area contributed by atoms with Crippen molar-refractivity contribution in [2.45, 2.75) is 24.8 Å². The summed E-state index contributed by atoms with van der Waals surface area (Å²) in [6, 6.07) is 10.8. The average molecular weight is 475 g/mol. The molecule has 0 bridgehead atoms. The molecule has 0 spiro atoms. The minimum Gasteiger partial charge on any atom is -0.495 e. The van der Waals surface area contributed by atoms with E-state index >= 15 is 0 Å². The Bertz CT molecular complexity index is 863. The van der Waals surface area contributed by atoms with Gasteiger partial charge in [0.2, 0.25) is 10.0 Å². The molecular formula is C17H18INO5S. The third-order valence-corrected chi connectivity index (χ3v) is 5.50. The van der Waals surface area contributed by atoms with Gasteiger partial charge in [0.25, 0.3) is 0 Å². The highest BCUT2D eigenvalue weighted by molar-refractivity contribution is 14.1. The number of hydrogen-bond donors (Lipinski definition) is 1. The van der Waals surface area contributed by atoms with Crippen molar-refractivity contribution in [2.75, 3.05) is 7.11 Å². The first kappa shape index (κ1) is 19.7. The van der Waals surface area contributed by atoms with E-state index in [-0.39, 0.29) is 22.3 Å². The van der Waals surface area contributed by atoms with Gasteiger partial charge in [-0.2, -0.15) is 0 Å². The maximum atomic E-state index is 12.4. The molecule has 0 aliphatic rings. The summed E-state index contributed by atoms with van der Waals surface area (Å²) < 4.78 is 38.8. The lowest BCUT2D eigenvalue weighted by Crippen LogP contribution is -2.30. The van der Waals surface area contributed by atoms with Gasteiger partial charge >= 0.3 is 5.97 Å². The summed E-state index contributed by atoms with van der Waals surface area (Å²) in [6.45, 7) is 3.41. The number of carbonyl (C=O) groups is 1. The van der Waals surface area contributed by atoms with Crippen LogP contribution in [0.1, 0.15) is 24.2 Å². The molecule has 25 heavy (non-hydrogen) atoms. The molecule has 0 aromatic heterocycles. The SMILES string of the molecule is COc1ccc(C(=O)Oc2ccc(I)cc2)cc1S(=O)(=O)NC(C)C. The predicted octanol–water partition coefficient (Wildman–Crippen LogP) is 3.21. The minimum absolute atomic E-state index is 0.110. The van der Waals surface area contributed by atoms with E-state index < -0.39 is 16.0 Å². The van der Waals surface area contributed by atoms with Gasteiger partial charge in [-0.15, -0.1) is 0 Å². The zero-order valence-corrected chi connectivity index (χ0v) is 16.9. The smallest absolute Gasteiger partial charge is 0.343 e. The summed E-state index contributed by atoms with van der Waals surface area (Å²) in [5, 5.41) is 0. The average Bonchev–Trinajstić information content (AvgIpc) is 2.55. The molecule has 1 N–H and O–H groups in total. The highest BCUT2D eigenvalue weighted by atomic mass is 127. The first-order valence-electron chi connectivity index (χ1n) is 7.41. The molecule has 2 aromatic rings. The van der Waals surface area contributed by atoms with Crippen molar-refractivity contribution in [3.63, 3.8) is 0 Å². The van der Waals surface area contributed by atoms with Crippen LogP contribution in [0.25, 0.3) is 0 Å². The summed E-state index contributed by atoms with van der Waals surface area (Å²) >= 11 is 2.14. The van der Waals surface area contributed by atoms with E-state index in [4.69, 9.17) is 9.47 Å². The molecule has 0 aliphatic heterocycles. The summed E-state index contributed by atoms with van der Waals surface area (Å²) in [4.78, 5) is 12.2. The first-order valence-corrected chi connectivity index (χ1v) is 9.97. The number of methoxy groups -OCH3 is 1. The lowest BCUT2D eigenvalue weighted by molar-refractivity contribution is 0.0734. The van der Waals surface area contributed by atoms with Crippen molar-refractivity contribution in [2.24, 2.45) is 0 Å². The number of nitrogens with one attached hydrogen (secondary N) is 1. The highest BCUT2D eigenvalue weighted by Gasteiger charge is 2.23. The minimum atomic E-state index is -3.82. The van der Waals surface area contributed by atoms with E-state index in [9.17, 15) is 13.2 Å². The lowest BCUT2D eigenvalue weighted by Gasteiger charge is -2.14. The van der Waals surface area contributed by atoms with Gasteiger partial charge < -0.3 is 9.47 Å². The summed E-state index contributed by atoms with van der Waals surface area (Å²) in [7, 11) is -2.45. The molecule has 0 atom stereocenters. The number of halogens is 1. The Morgan fingerprint density at radius 1 is 1.12 bits per heavy atom. The van der Waals surface area contributed by atoms with Crippen LogP contribution in [0.3, 0.4) is 0 Å². The maximum absolute atomic E-state index is 12.4. The predicted molar refractivity (Wildman–Crippen MR) is 103 cm³/mol. The van der Waals surface area contributed by atoms with E-state index in [1.807, 2.05) is 0 Å². The van der Waals surface area contributed by atoms with E-state index in [1.165, 1.54) is 25.3 Å². The van der Waals surface area contributed by atoms with Gasteiger partial charge in [-0.1, -0.05) is 0 Å². The van der Waals surface area contributed by atoms with Gasteiger partial charge in [-0.05, 0) is 78.9 Å². The molecule has 0 heterocycles. The molecule has 0 fully saturated rings. The van der Waals surface area contributed by atoms with Crippen LogP contribution in [0.5, 0.6) is 11.5 Å². The zero-order chi connectivity index (χ0) is 18.6. The van der Waals surface area contributed by atoms with Gasteiger partial charge in [0.05, 0.1) is 12.7 Å². The monoisotopic (exact) mass is 475 g/mol. The Morgan fingerprint density at radius 3 is 2.32 bits per heavy atom. The summed E-state index contributed by atoms with van der Waals surface area (Å²) in [5.41, 5.74) is 0.114. The van der Waals surface area contributed by atoms with Crippen LogP contribution in [-0.4, -0.2) is 27.5 Å². The second-order valence-electron chi connectivity index (χ2n) is 5.49. The van der Waals surface area contributed by atoms with Crippen LogP contribution in [0.4, 0.5) is 0 Å². The van der Waals surface area contributed by atoms with Crippen LogP contribution in [-0.2, 0) is 10.0 Å². The fourth-order valence-corrected chi connectivity index (χ4v) is 3.86. The second kappa shape index (κ2) is 8.15. The summed E-state index contributed by atoms with van der Waals surface area (Å²) in [5.74, 6) is -0.116. The molecule has 0 saturated carbocycles. The van der Waals surface area contributed by atoms with Crippen molar-refractivity contribution in [1.82, 2.24) is 4.72 Å². The first-order chi connectivity index (χ1) is 11.7. The fourth-order valence-electron chi connectivity index (χ4n) is 2.06. The molecule has 2 aromatic carbocycles. The van der Waals surface area contributed by atoms with E-state index in [2.05, 4.69) is 27.3 Å². The lowest BCUT2D eigenvalue weighted by atomic mass is 10.2. The normalized spacial score (nSPS) is 11.4. The molecule has 134 valence electrons. The molecule has 0 amide bonds. The van der Waals surface area contributed by atoms with E-state index in [0.29, 0.717) is 5.75 Å². The molecule has 0 saturated heterocycles. The van der Waals surface area contributed by atoms with Crippen LogP contribution in [0.15, 0.2) is 47.4 Å². The van der Waals surface area contributed by atoms with Crippen LogP contribution in [0.2, 0.25) is 0 Å². The number of rotatable bonds is 6. The van der Waals surface area contributed by atoms with Crippen LogP contribution >= 0.6 is 22.6 Å². The number of esters is 1. The quantitative estimate of drug-likeness (QED) is 0.394. The standard InChI is InChI=1S/C17H18INO5S/c1-11(2)19-25(21,22)16-10-12(4-9-15(16)23-3)17(20)24-14-7-5-13(18)6-8-14/h4-11,19H,1-3H3. The zero-order valence-electron chi connectivity index (χ0n) is 13.9. The largest absolute Gasteiger partial charge is 0.495 e. The Hall–Kier alpha value is -1.65. The van der Waals surface area contributed by atoms with Crippen molar-refractivity contribution in [3.05, 3.63) is 51.6 Å². The number of benzene rings is 2. The Labute approximate surface area is 160 Å². The van der Waals surface area contributed by atoms with Gasteiger partial charge in [0, 0.05) is 9.61 Å². The Morgan fingerprint density at radius 2 is 1.76 bits per heavy atom. The molecule has 8 heteroatoms. The topological polar surface area (TPSA) is 81.7 Å². The summed E-state index contributed by atoms with van der Waals surface area (Å²) in [6.07, 6.45) is 0. The van der Waals surface area contributed by atoms with Gasteiger partial charge in [0.1, 0.15) is 16.4 Å². The van der Waals surface area contributed by atoms with Gasteiger partial charge in [0.15, 0.2) is 0 Å². The van der Waals surface area contributed by atoms with Gasteiger partial charge in [-0.25, -0.2) is 17.9 Å². The van der Waals surface area contributed by atoms with Crippen LogP contribution < -0.4 is 14.2 Å². The van der Waals surface area contributed by atoms with Crippen molar-refractivity contribution < 1.29 is 22.7 Å². The molecule has 6 nitrogen and oxygen atoms in total. The number of carbonyl (C=O) groups excluding carboxylic acids is 1. The molecule has 0 radical (unpaired) electrons. The second-order valence-corrected chi connectivity index (χ2v) is 8.41. The van der Waals surface area contributed by atoms with E-state index in [0.717, 1.165) is 3.57 Å². The maximum Gasteiger partial charge on any atom is 0.343 e. The number of ether oxygens (including phenoxy) is 2. The molecule has 2 rings (SSSR count). The van der Waals surface area contributed by atoms with E-state index in [1.54, 1.807) is 38.1 Å². The molecule has 0 unspecified atom stereocenters. The van der Waals surface area contributed by atoms with Crippen molar-refractivity contribution in [1.29, 1.82) is 0 Å².